The van der Waals surface area contributed by atoms with E-state index in [-0.39, 0.29) is 0 Å². The highest BCUT2D eigenvalue weighted by Crippen LogP contribution is 2.20. The molecule has 0 atom stereocenters. The SMILES string of the molecule is COc1nc2cc(Br)cnc2n1C. The highest BCUT2D eigenvalue weighted by molar-refractivity contribution is 9.10. The number of rotatable bonds is 1. The van der Waals surface area contributed by atoms with Gasteiger partial charge in [0.1, 0.15) is 5.52 Å². The first kappa shape index (κ1) is 8.50. The molecule has 0 aliphatic rings. The second-order valence-electron chi connectivity index (χ2n) is 2.65. The van der Waals surface area contributed by atoms with Gasteiger partial charge < -0.3 is 4.74 Å². The van der Waals surface area contributed by atoms with Crippen LogP contribution in [0.5, 0.6) is 6.01 Å². The van der Waals surface area contributed by atoms with Gasteiger partial charge in [-0.3, -0.25) is 4.57 Å². The van der Waals surface area contributed by atoms with Gasteiger partial charge in [-0.15, -0.1) is 0 Å². The molecule has 2 rings (SSSR count). The molecule has 4 nitrogen and oxygen atoms in total. The fraction of sp³-hybridized carbons (Fsp3) is 0.250. The Morgan fingerprint density at radius 2 is 2.31 bits per heavy atom. The molecule has 0 N–H and O–H groups in total. The Morgan fingerprint density at radius 3 is 3.00 bits per heavy atom. The standard InChI is InChI=1S/C8H8BrN3O/c1-12-7-6(11-8(12)13-2)3-5(9)4-10-7/h3-4H,1-2H3. The number of ether oxygens (including phenoxy) is 1. The number of fused-ring (bicyclic) bond motifs is 1. The van der Waals surface area contributed by atoms with Crippen LogP contribution in [0.1, 0.15) is 0 Å². The molecule has 68 valence electrons. The summed E-state index contributed by atoms with van der Waals surface area (Å²) in [6.45, 7) is 0. The number of aromatic nitrogens is 3. The second-order valence-corrected chi connectivity index (χ2v) is 3.57. The summed E-state index contributed by atoms with van der Waals surface area (Å²) in [6.07, 6.45) is 1.74. The second kappa shape index (κ2) is 2.99. The summed E-state index contributed by atoms with van der Waals surface area (Å²) >= 11 is 3.34. The Hall–Kier alpha value is -1.10. The van der Waals surface area contributed by atoms with Crippen LogP contribution in [0.2, 0.25) is 0 Å². The molecule has 0 fully saturated rings. The van der Waals surface area contributed by atoms with Crippen molar-refractivity contribution in [3.8, 4) is 6.01 Å². The average Bonchev–Trinajstić information content (AvgIpc) is 2.42. The van der Waals surface area contributed by atoms with Gasteiger partial charge in [0.25, 0.3) is 6.01 Å². The number of nitrogens with zero attached hydrogens (tertiary/aromatic N) is 3. The predicted octanol–water partition coefficient (Wildman–Crippen LogP) is 1.74. The zero-order chi connectivity index (χ0) is 9.42. The van der Waals surface area contributed by atoms with Crippen LogP contribution in [0.3, 0.4) is 0 Å². The summed E-state index contributed by atoms with van der Waals surface area (Å²) < 4.78 is 7.79. The van der Waals surface area contributed by atoms with Crippen molar-refractivity contribution < 1.29 is 4.74 Å². The van der Waals surface area contributed by atoms with Crippen LogP contribution in [-0.2, 0) is 7.05 Å². The lowest BCUT2D eigenvalue weighted by Crippen LogP contribution is -1.94. The number of hydrogen-bond donors (Lipinski definition) is 0. The first-order valence-electron chi connectivity index (χ1n) is 3.74. The minimum Gasteiger partial charge on any atom is -0.468 e. The van der Waals surface area contributed by atoms with Gasteiger partial charge in [0.2, 0.25) is 0 Å². The Labute approximate surface area is 83.7 Å². The zero-order valence-electron chi connectivity index (χ0n) is 7.28. The number of pyridine rings is 1. The molecule has 13 heavy (non-hydrogen) atoms. The van der Waals surface area contributed by atoms with E-state index < -0.39 is 0 Å². The van der Waals surface area contributed by atoms with Crippen molar-refractivity contribution >= 4 is 27.1 Å². The smallest absolute Gasteiger partial charge is 0.298 e. The summed E-state index contributed by atoms with van der Waals surface area (Å²) in [7, 11) is 3.46. The fourth-order valence-corrected chi connectivity index (χ4v) is 1.53. The summed E-state index contributed by atoms with van der Waals surface area (Å²) in [6, 6.07) is 2.48. The van der Waals surface area contributed by atoms with E-state index in [1.165, 1.54) is 0 Å². The van der Waals surface area contributed by atoms with Crippen molar-refractivity contribution in [3.05, 3.63) is 16.7 Å². The summed E-state index contributed by atoms with van der Waals surface area (Å²) in [5.74, 6) is 0. The molecule has 2 heterocycles. The monoisotopic (exact) mass is 241 g/mol. The average molecular weight is 242 g/mol. The van der Waals surface area contributed by atoms with E-state index in [1.807, 2.05) is 17.7 Å². The molecule has 0 aromatic carbocycles. The molecule has 0 saturated heterocycles. The van der Waals surface area contributed by atoms with E-state index in [2.05, 4.69) is 25.9 Å². The van der Waals surface area contributed by atoms with Gasteiger partial charge in [-0.05, 0) is 22.0 Å². The van der Waals surface area contributed by atoms with E-state index in [4.69, 9.17) is 4.74 Å². The fourth-order valence-electron chi connectivity index (χ4n) is 1.21. The van der Waals surface area contributed by atoms with Gasteiger partial charge in [0.15, 0.2) is 5.65 Å². The first-order chi connectivity index (χ1) is 6.22. The summed E-state index contributed by atoms with van der Waals surface area (Å²) in [5.41, 5.74) is 1.65. The maximum atomic E-state index is 5.07. The molecule has 0 unspecified atom stereocenters. The largest absolute Gasteiger partial charge is 0.468 e. The number of methoxy groups -OCH3 is 1. The first-order valence-corrected chi connectivity index (χ1v) is 4.53. The van der Waals surface area contributed by atoms with Gasteiger partial charge in [0.05, 0.1) is 7.11 Å². The molecule has 0 saturated carbocycles. The normalized spacial score (nSPS) is 10.7. The summed E-state index contributed by atoms with van der Waals surface area (Å²) in [5, 5.41) is 0. The summed E-state index contributed by atoms with van der Waals surface area (Å²) in [4.78, 5) is 8.46. The molecular formula is C8H8BrN3O. The molecule has 2 aromatic rings. The predicted molar refractivity (Wildman–Crippen MR) is 52.8 cm³/mol. The van der Waals surface area contributed by atoms with Crippen molar-refractivity contribution in [2.45, 2.75) is 0 Å². The molecular weight excluding hydrogens is 234 g/mol. The maximum Gasteiger partial charge on any atom is 0.298 e. The van der Waals surface area contributed by atoms with Crippen molar-refractivity contribution in [1.29, 1.82) is 0 Å². The van der Waals surface area contributed by atoms with E-state index in [0.717, 1.165) is 15.6 Å². The van der Waals surface area contributed by atoms with Gasteiger partial charge in [-0.25, -0.2) is 4.98 Å². The Kier molecular flexibility index (Phi) is 1.95. The Bertz CT molecular complexity index is 452. The van der Waals surface area contributed by atoms with Crippen LogP contribution >= 0.6 is 15.9 Å². The zero-order valence-corrected chi connectivity index (χ0v) is 8.87. The third-order valence-electron chi connectivity index (χ3n) is 1.82. The minimum absolute atomic E-state index is 0.570. The van der Waals surface area contributed by atoms with Crippen LogP contribution in [-0.4, -0.2) is 21.6 Å². The van der Waals surface area contributed by atoms with Crippen molar-refractivity contribution in [2.24, 2.45) is 7.05 Å². The molecule has 0 aliphatic heterocycles. The quantitative estimate of drug-likeness (QED) is 0.764. The maximum absolute atomic E-state index is 5.07. The molecule has 0 aliphatic carbocycles. The van der Waals surface area contributed by atoms with E-state index >= 15 is 0 Å². The molecule has 0 amide bonds. The molecule has 5 heteroatoms. The van der Waals surface area contributed by atoms with Gasteiger partial charge >= 0.3 is 0 Å². The van der Waals surface area contributed by atoms with Crippen molar-refractivity contribution in [1.82, 2.24) is 14.5 Å². The lowest BCUT2D eigenvalue weighted by molar-refractivity contribution is 0.368. The topological polar surface area (TPSA) is 39.9 Å². The van der Waals surface area contributed by atoms with Crippen LogP contribution in [0.25, 0.3) is 11.2 Å². The number of aryl methyl sites for hydroxylation is 1. The third-order valence-corrected chi connectivity index (χ3v) is 2.25. The lowest BCUT2D eigenvalue weighted by Gasteiger charge is -1.97. The minimum atomic E-state index is 0.570. The number of imidazole rings is 1. The van der Waals surface area contributed by atoms with Crippen molar-refractivity contribution in [2.75, 3.05) is 7.11 Å². The van der Waals surface area contributed by atoms with Crippen molar-refractivity contribution in [3.63, 3.8) is 0 Å². The molecule has 0 spiro atoms. The van der Waals surface area contributed by atoms with E-state index in [1.54, 1.807) is 13.3 Å². The van der Waals surface area contributed by atoms with Gasteiger partial charge in [-0.1, -0.05) is 0 Å². The van der Waals surface area contributed by atoms with E-state index in [9.17, 15) is 0 Å². The third kappa shape index (κ3) is 1.29. The molecule has 0 radical (unpaired) electrons. The molecule has 2 aromatic heterocycles. The van der Waals surface area contributed by atoms with Crippen LogP contribution < -0.4 is 4.74 Å². The Morgan fingerprint density at radius 1 is 1.54 bits per heavy atom. The Balaban J connectivity index is 2.76. The van der Waals surface area contributed by atoms with Crippen LogP contribution in [0.15, 0.2) is 16.7 Å². The number of halogens is 1. The molecule has 0 bridgehead atoms. The van der Waals surface area contributed by atoms with Gasteiger partial charge in [-0.2, -0.15) is 4.98 Å². The highest BCUT2D eigenvalue weighted by atomic mass is 79.9. The number of hydrogen-bond acceptors (Lipinski definition) is 3. The van der Waals surface area contributed by atoms with Crippen LogP contribution in [0.4, 0.5) is 0 Å². The van der Waals surface area contributed by atoms with Crippen LogP contribution in [0, 0.1) is 0 Å². The van der Waals surface area contributed by atoms with Gasteiger partial charge in [0, 0.05) is 17.7 Å². The lowest BCUT2D eigenvalue weighted by atomic mass is 10.4. The van der Waals surface area contributed by atoms with E-state index in [0.29, 0.717) is 6.01 Å². The highest BCUT2D eigenvalue weighted by Gasteiger charge is 2.08.